The number of hydrogen-bond donors (Lipinski definition) is 2. The lowest BCUT2D eigenvalue weighted by molar-refractivity contribution is -0.187. The molecule has 166 valence electrons. The van der Waals surface area contributed by atoms with Crippen molar-refractivity contribution in [1.29, 1.82) is 0 Å². The standard InChI is InChI=1S/C20H36N4O5/c1-13(2)10-23-9-8-22(17(27)29-18(3,4)5)11-20(23)12-24(16(20)26)14(15(21)25)19(6,7)28/h13-14,28H,8-12H2,1-7H3,(H2,21,25)/t14-,20?/m1/s1. The molecule has 0 saturated carbocycles. The van der Waals surface area contributed by atoms with Crippen LogP contribution in [0.4, 0.5) is 4.79 Å². The number of carbonyl (C=O) groups is 3. The largest absolute Gasteiger partial charge is 0.444 e. The van der Waals surface area contributed by atoms with Crippen molar-refractivity contribution in [3.63, 3.8) is 0 Å². The van der Waals surface area contributed by atoms with Gasteiger partial charge in [-0.3, -0.25) is 14.5 Å². The molecule has 0 aromatic rings. The number of primary amides is 1. The minimum atomic E-state index is -1.47. The number of β-lactam (4-membered cyclic amide) rings is 1. The molecular weight excluding hydrogens is 376 g/mol. The highest BCUT2D eigenvalue weighted by atomic mass is 16.6. The van der Waals surface area contributed by atoms with E-state index in [9.17, 15) is 19.5 Å². The second-order valence-corrected chi connectivity index (χ2v) is 10.2. The van der Waals surface area contributed by atoms with Crippen LogP contribution in [0.2, 0.25) is 0 Å². The number of nitrogens with two attached hydrogens (primary N) is 1. The molecule has 0 bridgehead atoms. The molecule has 2 aliphatic heterocycles. The number of hydrogen-bond acceptors (Lipinski definition) is 6. The van der Waals surface area contributed by atoms with Crippen molar-refractivity contribution in [2.75, 3.05) is 32.7 Å². The Morgan fingerprint density at radius 1 is 1.17 bits per heavy atom. The van der Waals surface area contributed by atoms with Crippen LogP contribution in [-0.2, 0) is 14.3 Å². The zero-order valence-corrected chi connectivity index (χ0v) is 18.7. The topological polar surface area (TPSA) is 116 Å². The first-order chi connectivity index (χ1) is 13.1. The fourth-order valence-corrected chi connectivity index (χ4v) is 4.18. The average molecular weight is 413 g/mol. The third-order valence-electron chi connectivity index (χ3n) is 5.28. The lowest BCUT2D eigenvalue weighted by Gasteiger charge is -2.60. The van der Waals surface area contributed by atoms with Crippen LogP contribution in [-0.4, -0.2) is 93.2 Å². The van der Waals surface area contributed by atoms with Crippen molar-refractivity contribution in [2.24, 2.45) is 11.7 Å². The fourth-order valence-electron chi connectivity index (χ4n) is 4.18. The van der Waals surface area contributed by atoms with Crippen molar-refractivity contribution in [2.45, 2.75) is 71.2 Å². The number of amides is 3. The number of piperazine rings is 1. The molecule has 2 fully saturated rings. The van der Waals surface area contributed by atoms with E-state index in [1.54, 1.807) is 25.7 Å². The molecule has 0 aliphatic carbocycles. The molecule has 0 aromatic carbocycles. The van der Waals surface area contributed by atoms with Gasteiger partial charge >= 0.3 is 6.09 Å². The predicted octanol–water partition coefficient (Wildman–Crippen LogP) is 0.401. The van der Waals surface area contributed by atoms with Crippen LogP contribution in [0, 0.1) is 5.92 Å². The van der Waals surface area contributed by atoms with Crippen LogP contribution in [0.25, 0.3) is 0 Å². The molecule has 0 aromatic heterocycles. The summed E-state index contributed by atoms with van der Waals surface area (Å²) in [5.41, 5.74) is 2.45. The molecule has 2 aliphatic rings. The number of likely N-dealkylation sites (tertiary alicyclic amines) is 1. The molecule has 1 spiro atoms. The Morgan fingerprint density at radius 3 is 2.17 bits per heavy atom. The first-order valence-electron chi connectivity index (χ1n) is 10.1. The summed E-state index contributed by atoms with van der Waals surface area (Å²) in [6.07, 6.45) is -0.457. The van der Waals surface area contributed by atoms with Gasteiger partial charge in [0.2, 0.25) is 11.8 Å². The van der Waals surface area contributed by atoms with E-state index >= 15 is 0 Å². The van der Waals surface area contributed by atoms with E-state index in [1.165, 1.54) is 18.7 Å². The van der Waals surface area contributed by atoms with E-state index in [2.05, 4.69) is 18.7 Å². The van der Waals surface area contributed by atoms with Crippen molar-refractivity contribution >= 4 is 17.9 Å². The van der Waals surface area contributed by atoms with Gasteiger partial charge in [0.25, 0.3) is 0 Å². The minimum absolute atomic E-state index is 0.182. The maximum Gasteiger partial charge on any atom is 0.410 e. The summed E-state index contributed by atoms with van der Waals surface area (Å²) in [4.78, 5) is 42.9. The molecule has 2 atom stereocenters. The third-order valence-corrected chi connectivity index (χ3v) is 5.28. The zero-order chi connectivity index (χ0) is 22.4. The van der Waals surface area contributed by atoms with Crippen molar-refractivity contribution in [1.82, 2.24) is 14.7 Å². The second kappa shape index (κ2) is 7.75. The summed E-state index contributed by atoms with van der Waals surface area (Å²) in [5.74, 6) is -0.726. The van der Waals surface area contributed by atoms with Gasteiger partial charge in [-0.1, -0.05) is 13.8 Å². The van der Waals surface area contributed by atoms with Crippen molar-refractivity contribution in [3.05, 3.63) is 0 Å². The summed E-state index contributed by atoms with van der Waals surface area (Å²) < 4.78 is 5.49. The molecule has 9 heteroatoms. The van der Waals surface area contributed by atoms with Crippen LogP contribution < -0.4 is 5.73 Å². The quantitative estimate of drug-likeness (QED) is 0.632. The van der Waals surface area contributed by atoms with Gasteiger partial charge in [-0.2, -0.15) is 0 Å². The normalized spacial score (nSPS) is 24.7. The van der Waals surface area contributed by atoms with Gasteiger partial charge in [-0.05, 0) is 40.5 Å². The SMILES string of the molecule is CC(C)CN1CCN(C(=O)OC(C)(C)C)CC12CN([C@H](C(N)=O)C(C)(C)O)C2=O. The van der Waals surface area contributed by atoms with Gasteiger partial charge in [0.05, 0.1) is 18.7 Å². The van der Waals surface area contributed by atoms with Gasteiger partial charge in [-0.25, -0.2) is 4.79 Å². The molecule has 3 N–H and O–H groups in total. The van der Waals surface area contributed by atoms with E-state index in [-0.39, 0.29) is 19.0 Å². The minimum Gasteiger partial charge on any atom is -0.444 e. The second-order valence-electron chi connectivity index (χ2n) is 10.2. The Balaban J connectivity index is 2.28. The summed E-state index contributed by atoms with van der Waals surface area (Å²) in [5, 5.41) is 10.4. The number of rotatable bonds is 5. The molecule has 1 unspecified atom stereocenters. The number of carbonyl (C=O) groups excluding carboxylic acids is 3. The van der Waals surface area contributed by atoms with E-state index in [0.29, 0.717) is 25.6 Å². The Kier molecular flexibility index (Phi) is 6.26. The first-order valence-corrected chi connectivity index (χ1v) is 10.1. The van der Waals surface area contributed by atoms with E-state index < -0.39 is 34.8 Å². The van der Waals surface area contributed by atoms with Crippen LogP contribution >= 0.6 is 0 Å². The highest BCUT2D eigenvalue weighted by Crippen LogP contribution is 2.37. The van der Waals surface area contributed by atoms with Crippen LogP contribution in [0.5, 0.6) is 0 Å². The molecule has 0 radical (unpaired) electrons. The van der Waals surface area contributed by atoms with Gasteiger partial charge in [0.1, 0.15) is 17.2 Å². The zero-order valence-electron chi connectivity index (χ0n) is 18.7. The monoisotopic (exact) mass is 412 g/mol. The third kappa shape index (κ3) is 4.83. The van der Waals surface area contributed by atoms with Crippen LogP contribution in [0.1, 0.15) is 48.5 Å². The van der Waals surface area contributed by atoms with Crippen molar-refractivity contribution in [3.8, 4) is 0 Å². The van der Waals surface area contributed by atoms with Gasteiger partial charge < -0.3 is 25.4 Å². The summed E-state index contributed by atoms with van der Waals surface area (Å²) in [6, 6.07) is -1.13. The van der Waals surface area contributed by atoms with E-state index in [1.807, 2.05) is 0 Å². The van der Waals surface area contributed by atoms with Gasteiger partial charge in [0.15, 0.2) is 0 Å². The number of ether oxygens (including phenoxy) is 1. The molecular formula is C20H36N4O5. The maximum atomic E-state index is 13.4. The van der Waals surface area contributed by atoms with Gasteiger partial charge in [0, 0.05) is 19.6 Å². The lowest BCUT2D eigenvalue weighted by atomic mass is 9.79. The molecule has 29 heavy (non-hydrogen) atoms. The highest BCUT2D eigenvalue weighted by Gasteiger charge is 2.62. The maximum absolute atomic E-state index is 13.4. The fraction of sp³-hybridized carbons (Fsp3) is 0.850. The Bertz CT molecular complexity index is 667. The van der Waals surface area contributed by atoms with E-state index in [0.717, 1.165) is 0 Å². The van der Waals surface area contributed by atoms with E-state index in [4.69, 9.17) is 10.5 Å². The average Bonchev–Trinajstić information content (AvgIpc) is 2.51. The Morgan fingerprint density at radius 2 is 1.76 bits per heavy atom. The van der Waals surface area contributed by atoms with Crippen molar-refractivity contribution < 1.29 is 24.2 Å². The van der Waals surface area contributed by atoms with Gasteiger partial charge in [-0.15, -0.1) is 0 Å². The van der Waals surface area contributed by atoms with Crippen LogP contribution in [0.3, 0.4) is 0 Å². The lowest BCUT2D eigenvalue weighted by Crippen LogP contribution is -2.83. The summed E-state index contributed by atoms with van der Waals surface area (Å²) in [7, 11) is 0. The molecule has 2 heterocycles. The summed E-state index contributed by atoms with van der Waals surface area (Å²) in [6.45, 7) is 14.5. The number of nitrogens with zero attached hydrogens (tertiary/aromatic N) is 3. The highest BCUT2D eigenvalue weighted by molar-refractivity contribution is 5.98. The van der Waals surface area contributed by atoms with Crippen LogP contribution in [0.15, 0.2) is 0 Å². The summed E-state index contributed by atoms with van der Waals surface area (Å²) >= 11 is 0. The Hall–Kier alpha value is -1.87. The predicted molar refractivity (Wildman–Crippen MR) is 108 cm³/mol. The Labute approximate surface area is 173 Å². The molecule has 2 rings (SSSR count). The molecule has 3 amide bonds. The first kappa shape index (κ1) is 23.4. The molecule has 9 nitrogen and oxygen atoms in total. The molecule has 2 saturated heterocycles. The number of aliphatic hydroxyl groups is 1. The smallest absolute Gasteiger partial charge is 0.410 e.